The van der Waals surface area contributed by atoms with Crippen molar-refractivity contribution < 1.29 is 0 Å². The van der Waals surface area contributed by atoms with Crippen molar-refractivity contribution in [2.24, 2.45) is 5.73 Å². The van der Waals surface area contributed by atoms with Crippen LogP contribution in [0.2, 0.25) is 0 Å². The highest BCUT2D eigenvalue weighted by atomic mass is 32.1. The molecule has 1 atom stereocenters. The predicted molar refractivity (Wildman–Crippen MR) is 60.8 cm³/mol. The van der Waals surface area contributed by atoms with Gasteiger partial charge in [-0.3, -0.25) is 0 Å². The lowest BCUT2D eigenvalue weighted by Gasteiger charge is -2.07. The number of hydrogen-bond acceptors (Lipinski definition) is 3. The van der Waals surface area contributed by atoms with Crippen LogP contribution in [0.5, 0.6) is 0 Å². The molecular formula is C11H18N2S. The molecule has 3 heteroatoms. The molecule has 0 amide bonds. The van der Waals surface area contributed by atoms with Crippen molar-refractivity contribution >= 4 is 11.3 Å². The molecule has 0 bridgehead atoms. The van der Waals surface area contributed by atoms with Gasteiger partial charge in [-0.05, 0) is 25.7 Å². The molecule has 1 fully saturated rings. The van der Waals surface area contributed by atoms with E-state index in [9.17, 15) is 0 Å². The van der Waals surface area contributed by atoms with Crippen LogP contribution < -0.4 is 5.73 Å². The van der Waals surface area contributed by atoms with Gasteiger partial charge < -0.3 is 5.73 Å². The van der Waals surface area contributed by atoms with Gasteiger partial charge >= 0.3 is 0 Å². The molecule has 1 heterocycles. The summed E-state index contributed by atoms with van der Waals surface area (Å²) < 4.78 is 0. The maximum Gasteiger partial charge on any atom is 0.0962 e. The summed E-state index contributed by atoms with van der Waals surface area (Å²) >= 11 is 1.83. The third-order valence-corrected chi connectivity index (χ3v) is 4.02. The standard InChI is InChI=1S/C11H18N2S/c1-6(2)9-10(7(3)12)14-11(13-9)8-4-5-8/h6-8H,4-5,12H2,1-3H3. The van der Waals surface area contributed by atoms with Crippen LogP contribution in [-0.2, 0) is 0 Å². The zero-order chi connectivity index (χ0) is 10.3. The minimum absolute atomic E-state index is 0.136. The fourth-order valence-corrected chi connectivity index (χ4v) is 2.95. The van der Waals surface area contributed by atoms with Crippen molar-refractivity contribution in [3.63, 3.8) is 0 Å². The summed E-state index contributed by atoms with van der Waals surface area (Å²) in [7, 11) is 0. The molecule has 1 aliphatic carbocycles. The van der Waals surface area contributed by atoms with E-state index in [-0.39, 0.29) is 6.04 Å². The van der Waals surface area contributed by atoms with E-state index in [0.717, 1.165) is 5.92 Å². The van der Waals surface area contributed by atoms with Crippen LogP contribution in [0.3, 0.4) is 0 Å². The Morgan fingerprint density at radius 3 is 2.36 bits per heavy atom. The zero-order valence-corrected chi connectivity index (χ0v) is 9.90. The fraction of sp³-hybridized carbons (Fsp3) is 0.727. The Bertz CT molecular complexity index is 299. The van der Waals surface area contributed by atoms with Gasteiger partial charge in [-0.1, -0.05) is 13.8 Å². The van der Waals surface area contributed by atoms with Crippen LogP contribution in [0.25, 0.3) is 0 Å². The maximum absolute atomic E-state index is 5.96. The first-order valence-electron chi connectivity index (χ1n) is 5.35. The molecule has 1 saturated carbocycles. The summed E-state index contributed by atoms with van der Waals surface area (Å²) in [5.41, 5.74) is 7.19. The average molecular weight is 210 g/mol. The molecule has 0 radical (unpaired) electrons. The first-order chi connectivity index (χ1) is 6.59. The number of aromatic nitrogens is 1. The van der Waals surface area contributed by atoms with Crippen molar-refractivity contribution in [1.29, 1.82) is 0 Å². The molecule has 2 nitrogen and oxygen atoms in total. The fourth-order valence-electron chi connectivity index (χ4n) is 1.61. The van der Waals surface area contributed by atoms with Crippen molar-refractivity contribution in [2.75, 3.05) is 0 Å². The summed E-state index contributed by atoms with van der Waals surface area (Å²) in [6.45, 7) is 6.44. The van der Waals surface area contributed by atoms with Crippen LogP contribution in [-0.4, -0.2) is 4.98 Å². The molecule has 0 saturated heterocycles. The quantitative estimate of drug-likeness (QED) is 0.832. The van der Waals surface area contributed by atoms with Crippen molar-refractivity contribution in [2.45, 2.75) is 51.5 Å². The summed E-state index contributed by atoms with van der Waals surface area (Å²) in [5, 5.41) is 1.32. The molecule has 78 valence electrons. The Hall–Kier alpha value is -0.410. The lowest BCUT2D eigenvalue weighted by Crippen LogP contribution is -2.06. The first-order valence-corrected chi connectivity index (χ1v) is 6.17. The molecule has 2 N–H and O–H groups in total. The molecule has 14 heavy (non-hydrogen) atoms. The van der Waals surface area contributed by atoms with Gasteiger partial charge in [0.2, 0.25) is 0 Å². The maximum atomic E-state index is 5.96. The minimum atomic E-state index is 0.136. The van der Waals surface area contributed by atoms with E-state index in [2.05, 4.69) is 20.8 Å². The van der Waals surface area contributed by atoms with Gasteiger partial charge in [-0.2, -0.15) is 0 Å². The smallest absolute Gasteiger partial charge is 0.0962 e. The Morgan fingerprint density at radius 2 is 2.00 bits per heavy atom. The van der Waals surface area contributed by atoms with Crippen molar-refractivity contribution in [1.82, 2.24) is 4.98 Å². The second-order valence-electron chi connectivity index (χ2n) is 4.52. The minimum Gasteiger partial charge on any atom is -0.323 e. The second-order valence-corrected chi connectivity index (χ2v) is 5.58. The highest BCUT2D eigenvalue weighted by Crippen LogP contribution is 2.44. The average Bonchev–Trinajstić information content (AvgIpc) is 2.83. The Kier molecular flexibility index (Phi) is 2.62. The molecule has 1 aliphatic rings. The van der Waals surface area contributed by atoms with E-state index in [4.69, 9.17) is 10.7 Å². The van der Waals surface area contributed by atoms with Gasteiger partial charge in [0.15, 0.2) is 0 Å². The van der Waals surface area contributed by atoms with Crippen molar-refractivity contribution in [3.05, 3.63) is 15.6 Å². The van der Waals surface area contributed by atoms with E-state index in [1.54, 1.807) is 0 Å². The Balaban J connectivity index is 2.34. The normalized spacial score (nSPS) is 18.9. The van der Waals surface area contributed by atoms with Gasteiger partial charge in [0.1, 0.15) is 0 Å². The van der Waals surface area contributed by atoms with Gasteiger partial charge in [0.05, 0.1) is 10.7 Å². The number of nitrogens with zero attached hydrogens (tertiary/aromatic N) is 1. The largest absolute Gasteiger partial charge is 0.323 e. The SMILES string of the molecule is CC(C)c1nc(C2CC2)sc1C(C)N. The van der Waals surface area contributed by atoms with Gasteiger partial charge in [0.25, 0.3) is 0 Å². The zero-order valence-electron chi connectivity index (χ0n) is 9.08. The van der Waals surface area contributed by atoms with Gasteiger partial charge in [-0.15, -0.1) is 11.3 Å². The van der Waals surface area contributed by atoms with E-state index < -0.39 is 0 Å². The van der Waals surface area contributed by atoms with Crippen LogP contribution in [0, 0.1) is 0 Å². The van der Waals surface area contributed by atoms with Crippen LogP contribution >= 0.6 is 11.3 Å². The third-order valence-electron chi connectivity index (χ3n) is 2.58. The summed E-state index contributed by atoms with van der Waals surface area (Å²) in [5.74, 6) is 1.25. The molecule has 1 aromatic heterocycles. The lowest BCUT2D eigenvalue weighted by molar-refractivity contribution is 0.758. The molecular weight excluding hydrogens is 192 g/mol. The highest BCUT2D eigenvalue weighted by molar-refractivity contribution is 7.12. The molecule has 0 aliphatic heterocycles. The van der Waals surface area contributed by atoms with E-state index in [1.165, 1.54) is 28.4 Å². The first kappa shape index (κ1) is 10.1. The molecule has 2 rings (SSSR count). The molecule has 0 spiro atoms. The van der Waals surface area contributed by atoms with Crippen LogP contribution in [0.15, 0.2) is 0 Å². The lowest BCUT2D eigenvalue weighted by atomic mass is 10.1. The van der Waals surface area contributed by atoms with Gasteiger partial charge in [0, 0.05) is 16.8 Å². The van der Waals surface area contributed by atoms with E-state index >= 15 is 0 Å². The number of rotatable bonds is 3. The van der Waals surface area contributed by atoms with Crippen LogP contribution in [0.4, 0.5) is 0 Å². The number of thiazole rings is 1. The highest BCUT2D eigenvalue weighted by Gasteiger charge is 2.29. The Labute approximate surface area is 89.5 Å². The van der Waals surface area contributed by atoms with Gasteiger partial charge in [-0.25, -0.2) is 4.98 Å². The topological polar surface area (TPSA) is 38.9 Å². The van der Waals surface area contributed by atoms with Crippen LogP contribution in [0.1, 0.15) is 67.1 Å². The molecule has 1 unspecified atom stereocenters. The number of hydrogen-bond donors (Lipinski definition) is 1. The summed E-state index contributed by atoms with van der Waals surface area (Å²) in [6, 6.07) is 0.136. The molecule has 1 aromatic rings. The second kappa shape index (κ2) is 3.63. The van der Waals surface area contributed by atoms with E-state index in [0.29, 0.717) is 5.92 Å². The predicted octanol–water partition coefficient (Wildman–Crippen LogP) is 3.16. The number of nitrogens with two attached hydrogens (primary N) is 1. The molecule has 0 aromatic carbocycles. The monoisotopic (exact) mass is 210 g/mol. The Morgan fingerprint density at radius 1 is 1.36 bits per heavy atom. The summed E-state index contributed by atoms with van der Waals surface area (Å²) in [6.07, 6.45) is 2.65. The summed E-state index contributed by atoms with van der Waals surface area (Å²) in [4.78, 5) is 6.02. The van der Waals surface area contributed by atoms with E-state index in [1.807, 2.05) is 11.3 Å². The van der Waals surface area contributed by atoms with Crippen molar-refractivity contribution in [3.8, 4) is 0 Å². The third kappa shape index (κ3) is 1.84.